The molecule has 4 heteroatoms. The number of piperidine rings is 1. The quantitative estimate of drug-likeness (QED) is 0.924. The molecule has 0 bridgehead atoms. The third kappa shape index (κ3) is 4.37. The number of halogens is 1. The predicted octanol–water partition coefficient (Wildman–Crippen LogP) is 2.28. The van der Waals surface area contributed by atoms with Crippen LogP contribution in [0.25, 0.3) is 0 Å². The van der Waals surface area contributed by atoms with Gasteiger partial charge in [0.25, 0.3) is 0 Å². The molecule has 0 amide bonds. The summed E-state index contributed by atoms with van der Waals surface area (Å²) >= 11 is 3.44. The van der Waals surface area contributed by atoms with Crippen molar-refractivity contribution < 1.29 is 0 Å². The summed E-state index contributed by atoms with van der Waals surface area (Å²) in [7, 11) is 2.21. The van der Waals surface area contributed by atoms with Crippen molar-refractivity contribution in [2.75, 3.05) is 26.7 Å². The monoisotopic (exact) mass is 297 g/mol. The summed E-state index contributed by atoms with van der Waals surface area (Å²) in [6, 6.07) is 2.12. The van der Waals surface area contributed by atoms with Gasteiger partial charge < -0.3 is 10.2 Å². The van der Waals surface area contributed by atoms with Gasteiger partial charge in [-0.2, -0.15) is 0 Å². The number of hydrogen-bond acceptors (Lipinski definition) is 3. The molecule has 0 aromatic carbocycles. The smallest absolute Gasteiger partial charge is 0.0410 e. The van der Waals surface area contributed by atoms with E-state index in [-0.39, 0.29) is 0 Å². The lowest BCUT2D eigenvalue weighted by atomic mass is 9.98. The van der Waals surface area contributed by atoms with Gasteiger partial charge in [0.1, 0.15) is 0 Å². The zero-order valence-electron chi connectivity index (χ0n) is 10.3. The minimum atomic E-state index is 0.800. The molecule has 2 heterocycles. The molecule has 0 spiro atoms. The van der Waals surface area contributed by atoms with Crippen LogP contribution in [0.15, 0.2) is 22.9 Å². The molecule has 0 radical (unpaired) electrons. The van der Waals surface area contributed by atoms with Gasteiger partial charge in [-0.3, -0.25) is 4.98 Å². The van der Waals surface area contributed by atoms with Gasteiger partial charge in [0.15, 0.2) is 0 Å². The number of rotatable bonds is 4. The van der Waals surface area contributed by atoms with Crippen molar-refractivity contribution in [2.24, 2.45) is 5.92 Å². The van der Waals surface area contributed by atoms with Crippen molar-refractivity contribution in [3.8, 4) is 0 Å². The van der Waals surface area contributed by atoms with Crippen LogP contribution in [0.4, 0.5) is 0 Å². The van der Waals surface area contributed by atoms with Crippen molar-refractivity contribution in [3.05, 3.63) is 28.5 Å². The van der Waals surface area contributed by atoms with E-state index in [1.54, 1.807) is 0 Å². The Bertz CT molecular complexity index is 356. The standard InChI is InChI=1S/C13H20BrN3/c1-17-4-2-3-11(10-17)6-15-7-12-5-13(14)9-16-8-12/h5,8-9,11,15H,2-4,6-7,10H2,1H3. The fourth-order valence-electron chi connectivity index (χ4n) is 2.41. The lowest BCUT2D eigenvalue weighted by Crippen LogP contribution is -2.37. The second-order valence-electron chi connectivity index (χ2n) is 4.91. The van der Waals surface area contributed by atoms with Crippen LogP contribution in [0, 0.1) is 5.92 Å². The second kappa shape index (κ2) is 6.47. The molecule has 94 valence electrons. The molecule has 1 aromatic rings. The van der Waals surface area contributed by atoms with Gasteiger partial charge in [-0.15, -0.1) is 0 Å². The molecule has 0 saturated carbocycles. The molecule has 17 heavy (non-hydrogen) atoms. The molecule has 2 rings (SSSR count). The first-order valence-corrected chi connectivity index (χ1v) is 7.02. The lowest BCUT2D eigenvalue weighted by molar-refractivity contribution is 0.206. The zero-order valence-corrected chi connectivity index (χ0v) is 11.9. The topological polar surface area (TPSA) is 28.2 Å². The maximum Gasteiger partial charge on any atom is 0.0410 e. The first-order valence-electron chi connectivity index (χ1n) is 6.23. The average molecular weight is 298 g/mol. The maximum absolute atomic E-state index is 4.17. The Labute approximate surface area is 112 Å². The predicted molar refractivity (Wildman–Crippen MR) is 73.9 cm³/mol. The summed E-state index contributed by atoms with van der Waals surface area (Å²) in [5, 5.41) is 3.53. The van der Waals surface area contributed by atoms with Crippen molar-refractivity contribution >= 4 is 15.9 Å². The van der Waals surface area contributed by atoms with Crippen molar-refractivity contribution in [3.63, 3.8) is 0 Å². The van der Waals surface area contributed by atoms with Crippen LogP contribution in [-0.4, -0.2) is 36.6 Å². The van der Waals surface area contributed by atoms with Crippen LogP contribution in [0.5, 0.6) is 0 Å². The van der Waals surface area contributed by atoms with Crippen LogP contribution < -0.4 is 5.32 Å². The first kappa shape index (κ1) is 13.0. The lowest BCUT2D eigenvalue weighted by Gasteiger charge is -2.29. The van der Waals surface area contributed by atoms with E-state index in [0.29, 0.717) is 0 Å². The molecule has 1 saturated heterocycles. The Morgan fingerprint density at radius 1 is 1.53 bits per heavy atom. The fraction of sp³-hybridized carbons (Fsp3) is 0.615. The Kier molecular flexibility index (Phi) is 4.95. The zero-order chi connectivity index (χ0) is 12.1. The molecule has 1 N–H and O–H groups in total. The van der Waals surface area contributed by atoms with E-state index < -0.39 is 0 Å². The van der Waals surface area contributed by atoms with Gasteiger partial charge >= 0.3 is 0 Å². The molecule has 1 aliphatic heterocycles. The Morgan fingerprint density at radius 2 is 2.41 bits per heavy atom. The van der Waals surface area contributed by atoms with E-state index in [2.05, 4.69) is 44.2 Å². The minimum Gasteiger partial charge on any atom is -0.312 e. The summed E-state index contributed by atoms with van der Waals surface area (Å²) in [6.45, 7) is 4.50. The molecule has 1 atom stereocenters. The second-order valence-corrected chi connectivity index (χ2v) is 5.83. The summed E-state index contributed by atoms with van der Waals surface area (Å²) in [5.41, 5.74) is 1.24. The molecule has 1 unspecified atom stereocenters. The molecule has 0 aliphatic carbocycles. The van der Waals surface area contributed by atoms with Crippen LogP contribution in [-0.2, 0) is 6.54 Å². The van der Waals surface area contributed by atoms with Gasteiger partial charge in [-0.05, 0) is 66.5 Å². The molecular weight excluding hydrogens is 278 g/mol. The van der Waals surface area contributed by atoms with Crippen molar-refractivity contribution in [2.45, 2.75) is 19.4 Å². The van der Waals surface area contributed by atoms with Gasteiger partial charge in [0, 0.05) is 30.0 Å². The van der Waals surface area contributed by atoms with Crippen LogP contribution in [0.3, 0.4) is 0 Å². The number of likely N-dealkylation sites (tertiary alicyclic amines) is 1. The molecule has 3 nitrogen and oxygen atoms in total. The molecule has 1 aromatic heterocycles. The summed E-state index contributed by atoms with van der Waals surface area (Å²) in [4.78, 5) is 6.59. The molecule has 1 aliphatic rings. The highest BCUT2D eigenvalue weighted by Gasteiger charge is 2.16. The molecular formula is C13H20BrN3. The van der Waals surface area contributed by atoms with Crippen LogP contribution in [0.1, 0.15) is 18.4 Å². The van der Waals surface area contributed by atoms with Gasteiger partial charge in [0.2, 0.25) is 0 Å². The van der Waals surface area contributed by atoms with Crippen molar-refractivity contribution in [1.82, 2.24) is 15.2 Å². The van der Waals surface area contributed by atoms with Crippen molar-refractivity contribution in [1.29, 1.82) is 0 Å². The highest BCUT2D eigenvalue weighted by molar-refractivity contribution is 9.10. The highest BCUT2D eigenvalue weighted by atomic mass is 79.9. The number of hydrogen-bond donors (Lipinski definition) is 1. The third-order valence-electron chi connectivity index (χ3n) is 3.25. The van der Waals surface area contributed by atoms with E-state index in [9.17, 15) is 0 Å². The van der Waals surface area contributed by atoms with E-state index in [1.165, 1.54) is 31.5 Å². The number of nitrogens with one attached hydrogen (secondary N) is 1. The fourth-order valence-corrected chi connectivity index (χ4v) is 2.83. The normalized spacial score (nSPS) is 21.6. The highest BCUT2D eigenvalue weighted by Crippen LogP contribution is 2.14. The van der Waals surface area contributed by atoms with Crippen LogP contribution in [0.2, 0.25) is 0 Å². The maximum atomic E-state index is 4.17. The van der Waals surface area contributed by atoms with E-state index in [0.717, 1.165) is 23.5 Å². The van der Waals surface area contributed by atoms with E-state index in [1.807, 2.05) is 12.4 Å². The van der Waals surface area contributed by atoms with Crippen LogP contribution >= 0.6 is 15.9 Å². The number of pyridine rings is 1. The van der Waals surface area contributed by atoms with Gasteiger partial charge in [-0.25, -0.2) is 0 Å². The van der Waals surface area contributed by atoms with Gasteiger partial charge in [-0.1, -0.05) is 0 Å². The Balaban J connectivity index is 1.72. The Morgan fingerprint density at radius 3 is 3.18 bits per heavy atom. The summed E-state index contributed by atoms with van der Waals surface area (Å²) in [6.07, 6.45) is 6.43. The SMILES string of the molecule is CN1CCCC(CNCc2cncc(Br)c2)C1. The van der Waals surface area contributed by atoms with E-state index >= 15 is 0 Å². The summed E-state index contributed by atoms with van der Waals surface area (Å²) < 4.78 is 1.05. The average Bonchev–Trinajstić information content (AvgIpc) is 2.29. The third-order valence-corrected chi connectivity index (χ3v) is 3.68. The number of aromatic nitrogens is 1. The minimum absolute atomic E-state index is 0.800. The van der Waals surface area contributed by atoms with Gasteiger partial charge in [0.05, 0.1) is 0 Å². The van der Waals surface area contributed by atoms with E-state index in [4.69, 9.17) is 0 Å². The largest absolute Gasteiger partial charge is 0.312 e. The Hall–Kier alpha value is -0.450. The number of nitrogens with zero attached hydrogens (tertiary/aromatic N) is 2. The molecule has 1 fully saturated rings. The first-order chi connectivity index (χ1) is 8.24. The summed E-state index contributed by atoms with van der Waals surface area (Å²) in [5.74, 6) is 0.800.